The normalized spacial score (nSPS) is 10.8. The maximum Gasteiger partial charge on any atom is 0.149 e. The highest BCUT2D eigenvalue weighted by Crippen LogP contribution is 2.31. The number of benzene rings is 1. The molecular formula is C14H12FN3O. The zero-order chi connectivity index (χ0) is 13.4. The third-order valence-electron chi connectivity index (χ3n) is 2.93. The molecule has 0 radical (unpaired) electrons. The Morgan fingerprint density at radius 2 is 2.16 bits per heavy atom. The van der Waals surface area contributed by atoms with Gasteiger partial charge in [0.15, 0.2) is 0 Å². The number of aromatic nitrogens is 2. The highest BCUT2D eigenvalue weighted by molar-refractivity contribution is 5.86. The van der Waals surface area contributed by atoms with Gasteiger partial charge in [0.25, 0.3) is 0 Å². The number of hydrogen-bond acceptors (Lipinski definition) is 3. The fraction of sp³-hybridized carbons (Fsp3) is 0.0714. The Kier molecular flexibility index (Phi) is 2.59. The van der Waals surface area contributed by atoms with E-state index in [1.54, 1.807) is 18.3 Å². The fourth-order valence-corrected chi connectivity index (χ4v) is 1.97. The highest BCUT2D eigenvalue weighted by atomic mass is 19.1. The summed E-state index contributed by atoms with van der Waals surface area (Å²) in [6, 6.07) is 6.13. The van der Waals surface area contributed by atoms with Crippen molar-refractivity contribution in [2.75, 3.05) is 5.73 Å². The second-order valence-corrected chi connectivity index (χ2v) is 4.29. The summed E-state index contributed by atoms with van der Waals surface area (Å²) in [5, 5.41) is 0.889. The summed E-state index contributed by atoms with van der Waals surface area (Å²) in [6.07, 6.45) is 3.50. The quantitative estimate of drug-likeness (QED) is 0.692. The van der Waals surface area contributed by atoms with Crippen LogP contribution in [-0.4, -0.2) is 9.97 Å². The molecule has 0 aliphatic carbocycles. The molecule has 0 fully saturated rings. The number of ether oxygens (including phenoxy) is 1. The maximum absolute atomic E-state index is 13.4. The van der Waals surface area contributed by atoms with Crippen molar-refractivity contribution < 1.29 is 9.13 Å². The molecule has 0 aliphatic heterocycles. The number of anilines is 1. The lowest BCUT2D eigenvalue weighted by Gasteiger charge is -2.08. The predicted octanol–water partition coefficient (Wildman–Crippen LogP) is 3.38. The van der Waals surface area contributed by atoms with Gasteiger partial charge in [-0.15, -0.1) is 0 Å². The van der Waals surface area contributed by atoms with Crippen molar-refractivity contribution >= 4 is 16.7 Å². The van der Waals surface area contributed by atoms with Crippen molar-refractivity contribution in [1.82, 2.24) is 9.97 Å². The van der Waals surface area contributed by atoms with Crippen molar-refractivity contribution in [3.63, 3.8) is 0 Å². The minimum Gasteiger partial charge on any atom is -0.456 e. The molecule has 5 heteroatoms. The van der Waals surface area contributed by atoms with Gasteiger partial charge in [-0.3, -0.25) is 0 Å². The van der Waals surface area contributed by atoms with Crippen LogP contribution in [0.2, 0.25) is 0 Å². The van der Waals surface area contributed by atoms with E-state index in [-0.39, 0.29) is 5.69 Å². The van der Waals surface area contributed by atoms with E-state index >= 15 is 0 Å². The van der Waals surface area contributed by atoms with E-state index in [2.05, 4.69) is 9.97 Å². The molecule has 0 unspecified atom stereocenters. The van der Waals surface area contributed by atoms with Crippen molar-refractivity contribution in [3.05, 3.63) is 48.0 Å². The Morgan fingerprint density at radius 1 is 1.32 bits per heavy atom. The second kappa shape index (κ2) is 4.28. The van der Waals surface area contributed by atoms with Crippen LogP contribution >= 0.6 is 0 Å². The van der Waals surface area contributed by atoms with Crippen LogP contribution < -0.4 is 10.5 Å². The van der Waals surface area contributed by atoms with Gasteiger partial charge in [-0.2, -0.15) is 0 Å². The number of fused-ring (bicyclic) bond motifs is 1. The molecule has 3 N–H and O–H groups in total. The number of pyridine rings is 1. The van der Waals surface area contributed by atoms with E-state index in [1.165, 1.54) is 12.1 Å². The summed E-state index contributed by atoms with van der Waals surface area (Å²) in [7, 11) is 0. The number of nitrogens with one attached hydrogen (secondary N) is 1. The molecule has 19 heavy (non-hydrogen) atoms. The molecule has 0 saturated heterocycles. The van der Waals surface area contributed by atoms with Crippen LogP contribution in [0, 0.1) is 12.7 Å². The number of hydrogen-bond donors (Lipinski definition) is 2. The molecule has 1 aromatic carbocycles. The highest BCUT2D eigenvalue weighted by Gasteiger charge is 2.09. The summed E-state index contributed by atoms with van der Waals surface area (Å²) in [4.78, 5) is 7.26. The topological polar surface area (TPSA) is 63.9 Å². The molecule has 3 aromatic rings. The molecular weight excluding hydrogens is 245 g/mol. The smallest absolute Gasteiger partial charge is 0.149 e. The second-order valence-electron chi connectivity index (χ2n) is 4.29. The first-order chi connectivity index (χ1) is 9.15. The maximum atomic E-state index is 13.4. The van der Waals surface area contributed by atoms with Gasteiger partial charge in [0.05, 0.1) is 11.1 Å². The van der Waals surface area contributed by atoms with Crippen LogP contribution in [0.25, 0.3) is 11.0 Å². The van der Waals surface area contributed by atoms with Gasteiger partial charge in [-0.05, 0) is 30.7 Å². The summed E-state index contributed by atoms with van der Waals surface area (Å²) in [6.45, 7) is 1.96. The predicted molar refractivity (Wildman–Crippen MR) is 71.7 cm³/mol. The number of rotatable bonds is 2. The standard InChI is InChI=1S/C14H12FN3O/c1-8-7-18-14-13(8)12(4-5-17-14)19-9-2-3-11(16)10(15)6-9/h2-7H,16H2,1H3,(H,17,18). The van der Waals surface area contributed by atoms with Crippen molar-refractivity contribution in [2.24, 2.45) is 0 Å². The average molecular weight is 257 g/mol. The van der Waals surface area contributed by atoms with Gasteiger partial charge in [-0.25, -0.2) is 9.37 Å². The first-order valence-electron chi connectivity index (χ1n) is 5.81. The molecule has 0 bridgehead atoms. The number of nitrogens with zero attached hydrogens (tertiary/aromatic N) is 1. The third kappa shape index (κ3) is 1.99. The summed E-state index contributed by atoms with van der Waals surface area (Å²) in [5.41, 5.74) is 7.30. The molecule has 0 amide bonds. The zero-order valence-corrected chi connectivity index (χ0v) is 10.3. The molecule has 0 saturated carbocycles. The van der Waals surface area contributed by atoms with E-state index in [0.29, 0.717) is 11.5 Å². The number of aryl methyl sites for hydroxylation is 1. The molecule has 4 nitrogen and oxygen atoms in total. The average Bonchev–Trinajstić information content (AvgIpc) is 2.77. The number of nitrogen functional groups attached to an aromatic ring is 1. The van der Waals surface area contributed by atoms with Gasteiger partial charge < -0.3 is 15.5 Å². The van der Waals surface area contributed by atoms with Gasteiger partial charge in [0.2, 0.25) is 0 Å². The van der Waals surface area contributed by atoms with Gasteiger partial charge in [0.1, 0.15) is 23.0 Å². The molecule has 3 rings (SSSR count). The lowest BCUT2D eigenvalue weighted by Crippen LogP contribution is -1.92. The van der Waals surface area contributed by atoms with Gasteiger partial charge in [-0.1, -0.05) is 0 Å². The largest absolute Gasteiger partial charge is 0.456 e. The van der Waals surface area contributed by atoms with E-state index in [9.17, 15) is 4.39 Å². The minimum absolute atomic E-state index is 0.102. The molecule has 0 spiro atoms. The number of nitrogens with two attached hydrogens (primary N) is 1. The van der Waals surface area contributed by atoms with Crippen molar-refractivity contribution in [1.29, 1.82) is 0 Å². The minimum atomic E-state index is -0.492. The molecule has 2 heterocycles. The Labute approximate surface area is 109 Å². The number of halogens is 1. The Balaban J connectivity index is 2.05. The summed E-state index contributed by atoms with van der Waals surface area (Å²) < 4.78 is 19.1. The SMILES string of the molecule is Cc1c[nH]c2nccc(Oc3ccc(N)c(F)c3)c12. The van der Waals surface area contributed by atoms with Crippen LogP contribution in [0.1, 0.15) is 5.56 Å². The van der Waals surface area contributed by atoms with Crippen LogP contribution in [0.5, 0.6) is 11.5 Å². The monoisotopic (exact) mass is 257 g/mol. The van der Waals surface area contributed by atoms with E-state index in [0.717, 1.165) is 16.6 Å². The Bertz CT molecular complexity index is 752. The summed E-state index contributed by atoms with van der Waals surface area (Å²) in [5.74, 6) is 0.543. The van der Waals surface area contributed by atoms with Gasteiger partial charge >= 0.3 is 0 Å². The molecule has 2 aromatic heterocycles. The van der Waals surface area contributed by atoms with E-state index in [1.807, 2.05) is 13.1 Å². The lowest BCUT2D eigenvalue weighted by molar-refractivity contribution is 0.482. The Morgan fingerprint density at radius 3 is 2.95 bits per heavy atom. The van der Waals surface area contributed by atoms with Crippen LogP contribution in [-0.2, 0) is 0 Å². The molecule has 0 aliphatic rings. The van der Waals surface area contributed by atoms with Crippen molar-refractivity contribution in [3.8, 4) is 11.5 Å². The fourth-order valence-electron chi connectivity index (χ4n) is 1.97. The van der Waals surface area contributed by atoms with Crippen LogP contribution in [0.4, 0.5) is 10.1 Å². The summed E-state index contributed by atoms with van der Waals surface area (Å²) >= 11 is 0. The Hall–Kier alpha value is -2.56. The van der Waals surface area contributed by atoms with Crippen LogP contribution in [0.15, 0.2) is 36.7 Å². The first-order valence-corrected chi connectivity index (χ1v) is 5.81. The lowest BCUT2D eigenvalue weighted by atomic mass is 10.2. The number of H-pyrrole nitrogens is 1. The number of aromatic amines is 1. The molecule has 0 atom stereocenters. The van der Waals surface area contributed by atoms with E-state index in [4.69, 9.17) is 10.5 Å². The van der Waals surface area contributed by atoms with E-state index < -0.39 is 5.82 Å². The first kappa shape index (κ1) is 11.5. The van der Waals surface area contributed by atoms with Crippen LogP contribution in [0.3, 0.4) is 0 Å². The zero-order valence-electron chi connectivity index (χ0n) is 10.3. The van der Waals surface area contributed by atoms with Crippen molar-refractivity contribution in [2.45, 2.75) is 6.92 Å². The molecule has 96 valence electrons. The van der Waals surface area contributed by atoms with Gasteiger partial charge in [0, 0.05) is 18.5 Å². The third-order valence-corrected chi connectivity index (χ3v) is 2.93.